The third kappa shape index (κ3) is 5.88. The Labute approximate surface area is 229 Å². The van der Waals surface area contributed by atoms with Gasteiger partial charge in [-0.2, -0.15) is 9.40 Å². The fourth-order valence-corrected chi connectivity index (χ4v) is 7.06. The van der Waals surface area contributed by atoms with Crippen LogP contribution in [0.25, 0.3) is 0 Å². The molecule has 1 aromatic heterocycles. The summed E-state index contributed by atoms with van der Waals surface area (Å²) in [7, 11) is -3.58. The summed E-state index contributed by atoms with van der Waals surface area (Å²) in [5, 5.41) is 11.0. The maximum absolute atomic E-state index is 13.0. The summed E-state index contributed by atoms with van der Waals surface area (Å²) < 4.78 is 40.1. The summed E-state index contributed by atoms with van der Waals surface area (Å²) in [5.74, 6) is -0.569. The number of nitrogens with zero attached hydrogens (tertiary/aromatic N) is 3. The predicted octanol–water partition coefficient (Wildman–Crippen LogP) is 1.37. The number of ether oxygens (including phenoxy) is 2. The number of piperazine rings is 1. The SMILES string of the molecule is CCc1nn(CCCOC(=O)c2ccc(S(=O)(=O)N3CCNCC3)cc2)c2c1C(=O)NCC1(CCOCC1)C2. The van der Waals surface area contributed by atoms with Gasteiger partial charge in [-0.1, -0.05) is 6.92 Å². The Morgan fingerprint density at radius 2 is 1.87 bits per heavy atom. The smallest absolute Gasteiger partial charge is 0.338 e. The second-order valence-corrected chi connectivity index (χ2v) is 12.4. The van der Waals surface area contributed by atoms with Crippen molar-refractivity contribution in [1.29, 1.82) is 0 Å². The minimum atomic E-state index is -3.58. The molecule has 0 radical (unpaired) electrons. The number of rotatable bonds is 8. The molecule has 2 fully saturated rings. The normalized spacial score (nSPS) is 19.8. The topological polar surface area (TPSA) is 132 Å². The van der Waals surface area contributed by atoms with Crippen LogP contribution in [-0.4, -0.2) is 86.9 Å². The van der Waals surface area contributed by atoms with Gasteiger partial charge in [-0.25, -0.2) is 13.2 Å². The summed E-state index contributed by atoms with van der Waals surface area (Å²) in [6.07, 6.45) is 3.75. The molecule has 1 amide bonds. The molecule has 0 saturated carbocycles. The number of carbonyl (C=O) groups excluding carboxylic acids is 2. The number of nitrogens with one attached hydrogen (secondary N) is 2. The van der Waals surface area contributed by atoms with Crippen molar-refractivity contribution < 1.29 is 27.5 Å². The van der Waals surface area contributed by atoms with E-state index in [0.717, 1.165) is 30.7 Å². The number of hydrogen-bond donors (Lipinski definition) is 2. The second-order valence-electron chi connectivity index (χ2n) is 10.5. The standard InChI is InChI=1S/C27H37N5O6S/c1-2-22-24-23(18-27(19-29-25(24)33)8-16-37-17-9-27)32(30-22)12-3-15-38-26(34)20-4-6-21(7-5-20)39(35,36)31-13-10-28-11-14-31/h4-7,28H,2-3,8-19H2,1H3,(H,29,33). The van der Waals surface area contributed by atoms with Crippen molar-refractivity contribution in [2.45, 2.75) is 50.5 Å². The van der Waals surface area contributed by atoms with Crippen LogP contribution in [0.4, 0.5) is 0 Å². The monoisotopic (exact) mass is 559 g/mol. The van der Waals surface area contributed by atoms with Crippen molar-refractivity contribution in [3.63, 3.8) is 0 Å². The zero-order chi connectivity index (χ0) is 27.5. The van der Waals surface area contributed by atoms with Crippen molar-refractivity contribution in [3.8, 4) is 0 Å². The molecule has 2 saturated heterocycles. The summed E-state index contributed by atoms with van der Waals surface area (Å²) >= 11 is 0. The maximum Gasteiger partial charge on any atom is 0.338 e. The van der Waals surface area contributed by atoms with E-state index >= 15 is 0 Å². The number of amides is 1. The fourth-order valence-electron chi connectivity index (χ4n) is 5.62. The molecular weight excluding hydrogens is 522 g/mol. The molecule has 0 unspecified atom stereocenters. The number of benzene rings is 1. The van der Waals surface area contributed by atoms with Crippen molar-refractivity contribution >= 4 is 21.9 Å². The lowest BCUT2D eigenvalue weighted by molar-refractivity contribution is 0.0152. The molecule has 0 aliphatic carbocycles. The molecule has 5 rings (SSSR count). The van der Waals surface area contributed by atoms with E-state index in [9.17, 15) is 18.0 Å². The van der Waals surface area contributed by atoms with Gasteiger partial charge < -0.3 is 20.1 Å². The molecule has 12 heteroatoms. The highest BCUT2D eigenvalue weighted by Crippen LogP contribution is 2.37. The van der Waals surface area contributed by atoms with Gasteiger partial charge in [0.15, 0.2) is 0 Å². The van der Waals surface area contributed by atoms with Crippen LogP contribution in [0.3, 0.4) is 0 Å². The van der Waals surface area contributed by atoms with Crippen LogP contribution < -0.4 is 10.6 Å². The van der Waals surface area contributed by atoms with Gasteiger partial charge in [0, 0.05) is 58.9 Å². The quantitative estimate of drug-likeness (QED) is 0.366. The molecule has 11 nitrogen and oxygen atoms in total. The van der Waals surface area contributed by atoms with E-state index in [1.807, 2.05) is 11.6 Å². The molecule has 2 aromatic rings. The molecular formula is C27H37N5O6S. The lowest BCUT2D eigenvalue weighted by Crippen LogP contribution is -2.46. The van der Waals surface area contributed by atoms with E-state index in [2.05, 4.69) is 10.6 Å². The Balaban J connectivity index is 1.20. The average molecular weight is 560 g/mol. The van der Waals surface area contributed by atoms with Crippen molar-refractivity contribution in [1.82, 2.24) is 24.7 Å². The van der Waals surface area contributed by atoms with Crippen LogP contribution in [0.5, 0.6) is 0 Å². The summed E-state index contributed by atoms with van der Waals surface area (Å²) in [4.78, 5) is 25.7. The Morgan fingerprint density at radius 1 is 1.15 bits per heavy atom. The van der Waals surface area contributed by atoms with Crippen LogP contribution in [0.2, 0.25) is 0 Å². The van der Waals surface area contributed by atoms with Crippen molar-refractivity contribution in [3.05, 3.63) is 46.8 Å². The van der Waals surface area contributed by atoms with E-state index in [-0.39, 0.29) is 22.8 Å². The molecule has 1 spiro atoms. The minimum absolute atomic E-state index is 0.0288. The van der Waals surface area contributed by atoms with Crippen molar-refractivity contribution in [2.75, 3.05) is 52.5 Å². The second kappa shape index (κ2) is 11.7. The summed E-state index contributed by atoms with van der Waals surface area (Å²) in [6, 6.07) is 5.89. The molecule has 3 aliphatic rings. The van der Waals surface area contributed by atoms with Gasteiger partial charge in [0.1, 0.15) is 0 Å². The molecule has 0 atom stereocenters. The zero-order valence-corrected chi connectivity index (χ0v) is 23.2. The molecule has 39 heavy (non-hydrogen) atoms. The predicted molar refractivity (Wildman–Crippen MR) is 143 cm³/mol. The van der Waals surface area contributed by atoms with E-state index in [0.29, 0.717) is 76.5 Å². The number of aromatic nitrogens is 2. The molecule has 4 heterocycles. The van der Waals surface area contributed by atoms with E-state index in [1.54, 1.807) is 0 Å². The highest BCUT2D eigenvalue weighted by Gasteiger charge is 2.39. The number of sulfonamides is 1. The highest BCUT2D eigenvalue weighted by atomic mass is 32.2. The van der Waals surface area contributed by atoms with E-state index in [4.69, 9.17) is 14.6 Å². The average Bonchev–Trinajstić information content (AvgIpc) is 3.24. The Kier molecular flexibility index (Phi) is 8.36. The molecule has 2 N–H and O–H groups in total. The van der Waals surface area contributed by atoms with Gasteiger partial charge in [-0.05, 0) is 55.4 Å². The number of carbonyl (C=O) groups is 2. The summed E-state index contributed by atoms with van der Waals surface area (Å²) in [5.41, 5.74) is 2.71. The van der Waals surface area contributed by atoms with Crippen LogP contribution in [0, 0.1) is 5.41 Å². The molecule has 3 aliphatic heterocycles. The lowest BCUT2D eigenvalue weighted by Gasteiger charge is -2.36. The number of hydrogen-bond acceptors (Lipinski definition) is 8. The van der Waals surface area contributed by atoms with Gasteiger partial charge in [-0.15, -0.1) is 0 Å². The van der Waals surface area contributed by atoms with Crippen molar-refractivity contribution in [2.24, 2.45) is 5.41 Å². The van der Waals surface area contributed by atoms with E-state index < -0.39 is 16.0 Å². The van der Waals surface area contributed by atoms with Gasteiger partial charge in [0.2, 0.25) is 10.0 Å². The first-order valence-electron chi connectivity index (χ1n) is 13.8. The minimum Gasteiger partial charge on any atom is -0.462 e. The Bertz CT molecular complexity index is 1290. The molecule has 212 valence electrons. The van der Waals surface area contributed by atoms with Gasteiger partial charge in [-0.3, -0.25) is 9.48 Å². The third-order valence-corrected chi connectivity index (χ3v) is 9.88. The van der Waals surface area contributed by atoms with Gasteiger partial charge in [0.05, 0.1) is 34.0 Å². The first-order valence-corrected chi connectivity index (χ1v) is 15.2. The van der Waals surface area contributed by atoms with Gasteiger partial charge in [0.25, 0.3) is 5.91 Å². The number of esters is 1. The van der Waals surface area contributed by atoms with Crippen LogP contribution in [-0.2, 0) is 38.9 Å². The first-order chi connectivity index (χ1) is 18.8. The lowest BCUT2D eigenvalue weighted by atomic mass is 9.76. The molecule has 0 bridgehead atoms. The zero-order valence-electron chi connectivity index (χ0n) is 22.4. The van der Waals surface area contributed by atoms with Crippen LogP contribution in [0.1, 0.15) is 58.3 Å². The molecule has 1 aromatic carbocycles. The largest absolute Gasteiger partial charge is 0.462 e. The van der Waals surface area contributed by atoms with Crippen LogP contribution in [0.15, 0.2) is 29.2 Å². The maximum atomic E-state index is 13.0. The Hall–Kier alpha value is -2.80. The third-order valence-electron chi connectivity index (χ3n) is 7.96. The van der Waals surface area contributed by atoms with Crippen LogP contribution >= 0.6 is 0 Å². The highest BCUT2D eigenvalue weighted by molar-refractivity contribution is 7.89. The first kappa shape index (κ1) is 27.8. The Morgan fingerprint density at radius 3 is 2.56 bits per heavy atom. The van der Waals surface area contributed by atoms with Gasteiger partial charge >= 0.3 is 5.97 Å². The fraction of sp³-hybridized carbons (Fsp3) is 0.593. The number of fused-ring (bicyclic) bond motifs is 1. The number of aryl methyl sites for hydroxylation is 2. The van der Waals surface area contributed by atoms with E-state index in [1.165, 1.54) is 28.6 Å². The summed E-state index contributed by atoms with van der Waals surface area (Å²) in [6.45, 7) is 6.81.